The van der Waals surface area contributed by atoms with Gasteiger partial charge in [0.2, 0.25) is 0 Å². The third kappa shape index (κ3) is 410. The second kappa shape index (κ2) is 650. The normalized spacial score (nSPS) is 0. The SMILES string of the molecule is [Al+3].[Al+3].[F-].[F-].[F-].[OH-].[OH-].[OH-]. The minimum atomic E-state index is 0. The monoisotopic (exact) mass is 162 g/mol. The predicted molar refractivity (Wildman–Crippen MR) is 17.3 cm³/mol. The van der Waals surface area contributed by atoms with Gasteiger partial charge in [0.1, 0.15) is 0 Å². The van der Waals surface area contributed by atoms with Gasteiger partial charge in [0.05, 0.1) is 0 Å². The molecule has 0 aliphatic rings. The summed E-state index contributed by atoms with van der Waals surface area (Å²) in [5, 5.41) is 0. The average Bonchev–Trinajstić information content (AvgIpc) is 0. The van der Waals surface area contributed by atoms with Crippen LogP contribution in [0.25, 0.3) is 0 Å². The van der Waals surface area contributed by atoms with Crippen molar-refractivity contribution in [3.8, 4) is 0 Å². The molecule has 0 radical (unpaired) electrons. The van der Waals surface area contributed by atoms with Crippen LogP contribution < -0.4 is 14.1 Å². The molecule has 3 nitrogen and oxygen atoms in total. The number of rotatable bonds is 0. The van der Waals surface area contributed by atoms with E-state index in [1.165, 1.54) is 0 Å². The van der Waals surface area contributed by atoms with E-state index in [1.807, 2.05) is 0 Å². The summed E-state index contributed by atoms with van der Waals surface area (Å²) in [5.41, 5.74) is 0. The zero-order chi connectivity index (χ0) is 0. The van der Waals surface area contributed by atoms with E-state index in [9.17, 15) is 0 Å². The van der Waals surface area contributed by atoms with Crippen LogP contribution in [0.5, 0.6) is 0 Å². The van der Waals surface area contributed by atoms with Crippen LogP contribution in [0, 0.1) is 0 Å². The van der Waals surface area contributed by atoms with Crippen LogP contribution in [-0.2, 0) is 0 Å². The van der Waals surface area contributed by atoms with E-state index in [4.69, 9.17) is 0 Å². The standard InChI is InChI=1S/2Al.3FH.3H2O/h;;3*1H;3*1H2/q2*+3;;;;;;/p-6. The maximum absolute atomic E-state index is 0. The van der Waals surface area contributed by atoms with Crippen molar-refractivity contribution in [2.45, 2.75) is 0 Å². The van der Waals surface area contributed by atoms with Crippen LogP contribution in [0.3, 0.4) is 0 Å². The Morgan fingerprint density at radius 1 is 0.375 bits per heavy atom. The van der Waals surface area contributed by atoms with Gasteiger partial charge in [-0.15, -0.1) is 0 Å². The second-order valence-corrected chi connectivity index (χ2v) is 0. The van der Waals surface area contributed by atoms with Gasteiger partial charge in [0.15, 0.2) is 0 Å². The van der Waals surface area contributed by atoms with E-state index in [-0.39, 0.29) is 65.3 Å². The first kappa shape index (κ1) is 968. The number of halogens is 3. The Kier molecular flexibility index (Phi) is 78600. The molecule has 0 rings (SSSR count). The molecule has 0 saturated heterocycles. The molecule has 0 heterocycles. The molecule has 0 spiro atoms. The van der Waals surface area contributed by atoms with Crippen molar-refractivity contribution in [2.75, 3.05) is 0 Å². The fourth-order valence-electron chi connectivity index (χ4n) is 0. The molecule has 3 N–H and O–H groups in total. The Morgan fingerprint density at radius 3 is 0.375 bits per heavy atom. The third-order valence-electron chi connectivity index (χ3n) is 0. The molecule has 0 amide bonds. The van der Waals surface area contributed by atoms with Gasteiger partial charge in [-0.3, -0.25) is 0 Å². The molecule has 0 bridgehead atoms. The van der Waals surface area contributed by atoms with Crippen LogP contribution in [-0.4, -0.2) is 51.2 Å². The van der Waals surface area contributed by atoms with E-state index in [1.54, 1.807) is 0 Å². The van der Waals surface area contributed by atoms with Gasteiger partial charge >= 0.3 is 34.7 Å². The van der Waals surface area contributed by atoms with Gasteiger partial charge in [-0.2, -0.15) is 0 Å². The molecule has 8 heavy (non-hydrogen) atoms. The number of hydrogen-bond donors (Lipinski definition) is 0. The molecule has 0 fully saturated rings. The van der Waals surface area contributed by atoms with Crippen LogP contribution in [0.1, 0.15) is 0 Å². The minimum absolute atomic E-state index is 0. The van der Waals surface area contributed by atoms with Crippen molar-refractivity contribution in [1.82, 2.24) is 0 Å². The Balaban J connectivity index is 0. The largest absolute Gasteiger partial charge is 3.00 e. The summed E-state index contributed by atoms with van der Waals surface area (Å²) in [6, 6.07) is 0. The molecular weight excluding hydrogens is 159 g/mol. The first-order valence-electron chi connectivity index (χ1n) is 0. The topological polar surface area (TPSA) is 90.0 Å². The maximum Gasteiger partial charge on any atom is 3.00 e. The average molecular weight is 162 g/mol. The summed E-state index contributed by atoms with van der Waals surface area (Å²) in [6.07, 6.45) is 0. The Hall–Kier alpha value is 0.735. The quantitative estimate of drug-likeness (QED) is 0.331. The van der Waals surface area contributed by atoms with Crippen LogP contribution in [0.2, 0.25) is 0 Å². The van der Waals surface area contributed by atoms with Gasteiger partial charge in [0.25, 0.3) is 0 Å². The predicted octanol–water partition coefficient (Wildman–Crippen LogP) is -10.3. The van der Waals surface area contributed by atoms with Crippen molar-refractivity contribution in [3.05, 3.63) is 0 Å². The van der Waals surface area contributed by atoms with Crippen molar-refractivity contribution < 1.29 is 30.5 Å². The Bertz CT molecular complexity index is 12.5. The maximum atomic E-state index is 0. The van der Waals surface area contributed by atoms with E-state index in [0.29, 0.717) is 0 Å². The number of hydrogen-bond acceptors (Lipinski definition) is 3. The molecule has 0 aromatic rings. The van der Waals surface area contributed by atoms with E-state index in [0.717, 1.165) is 0 Å². The van der Waals surface area contributed by atoms with E-state index < -0.39 is 0 Å². The summed E-state index contributed by atoms with van der Waals surface area (Å²) in [5.74, 6) is 0. The zero-order valence-electron chi connectivity index (χ0n) is 3.63. The zero-order valence-corrected chi connectivity index (χ0v) is 5.94. The molecule has 0 aromatic heterocycles. The molecule has 48 valence electrons. The van der Waals surface area contributed by atoms with Gasteiger partial charge in [-0.25, -0.2) is 0 Å². The molecule has 8 heteroatoms. The molecule has 0 atom stereocenters. The summed E-state index contributed by atoms with van der Waals surface area (Å²) in [6.45, 7) is 0. The fraction of sp³-hybridized carbons (Fsp3) is 0. The first-order chi connectivity index (χ1) is 0. The Morgan fingerprint density at radius 2 is 0.375 bits per heavy atom. The van der Waals surface area contributed by atoms with Gasteiger partial charge < -0.3 is 30.5 Å². The van der Waals surface area contributed by atoms with Crippen LogP contribution in [0.15, 0.2) is 0 Å². The summed E-state index contributed by atoms with van der Waals surface area (Å²) in [7, 11) is 0. The van der Waals surface area contributed by atoms with Gasteiger partial charge in [-0.05, 0) is 0 Å². The van der Waals surface area contributed by atoms with Crippen molar-refractivity contribution in [2.24, 2.45) is 0 Å². The second-order valence-electron chi connectivity index (χ2n) is 0. The molecule has 0 saturated carbocycles. The third-order valence-corrected chi connectivity index (χ3v) is 0. The Labute approximate surface area is 65.7 Å². The van der Waals surface area contributed by atoms with Crippen molar-refractivity contribution in [1.29, 1.82) is 0 Å². The fourth-order valence-corrected chi connectivity index (χ4v) is 0. The van der Waals surface area contributed by atoms with Crippen molar-refractivity contribution >= 4 is 34.7 Å². The summed E-state index contributed by atoms with van der Waals surface area (Å²) >= 11 is 0. The minimum Gasteiger partial charge on any atom is -1.00 e. The van der Waals surface area contributed by atoms with Crippen molar-refractivity contribution in [3.63, 3.8) is 0 Å². The molecule has 0 aromatic carbocycles. The summed E-state index contributed by atoms with van der Waals surface area (Å²) in [4.78, 5) is 0. The van der Waals surface area contributed by atoms with Gasteiger partial charge in [0, 0.05) is 0 Å². The smallest absolute Gasteiger partial charge is 1.00 e. The first-order valence-corrected chi connectivity index (χ1v) is 0. The molecular formula is H3Al2F3O3. The van der Waals surface area contributed by atoms with E-state index in [2.05, 4.69) is 0 Å². The molecule has 0 unspecified atom stereocenters. The molecule has 0 aliphatic carbocycles. The molecule has 0 aliphatic heterocycles. The van der Waals surface area contributed by atoms with Gasteiger partial charge in [-0.1, -0.05) is 0 Å². The van der Waals surface area contributed by atoms with Crippen LogP contribution in [0.4, 0.5) is 0 Å². The van der Waals surface area contributed by atoms with Crippen LogP contribution >= 0.6 is 0 Å². The van der Waals surface area contributed by atoms with E-state index >= 15 is 0 Å². The summed E-state index contributed by atoms with van der Waals surface area (Å²) < 4.78 is 0.